The molecule has 0 spiro atoms. The molecule has 0 fully saturated rings. The lowest BCUT2D eigenvalue weighted by Gasteiger charge is -2.09. The minimum Gasteiger partial charge on any atom is -0.497 e. The van der Waals surface area contributed by atoms with Gasteiger partial charge in [0.1, 0.15) is 11.3 Å². The molecule has 5 rings (SSSR count). The Morgan fingerprint density at radius 3 is 2.45 bits per heavy atom. The summed E-state index contributed by atoms with van der Waals surface area (Å²) in [5.41, 5.74) is 2.87. The Hall–Kier alpha value is -3.78. The molecule has 8 heteroatoms. The molecule has 3 heterocycles. The van der Waals surface area contributed by atoms with Crippen LogP contribution in [-0.4, -0.2) is 31.7 Å². The normalized spacial score (nSPS) is 11.0. The average Bonchev–Trinajstić information content (AvgIpc) is 3.58. The van der Waals surface area contributed by atoms with Gasteiger partial charge in [-0.05, 0) is 42.0 Å². The predicted molar refractivity (Wildman–Crippen MR) is 119 cm³/mol. The lowest BCUT2D eigenvalue weighted by molar-refractivity contribution is 0.414. The highest BCUT2D eigenvalue weighted by atomic mass is 32.2. The molecule has 0 unspecified atom stereocenters. The summed E-state index contributed by atoms with van der Waals surface area (Å²) in [4.78, 5) is 0. The van der Waals surface area contributed by atoms with Crippen molar-refractivity contribution >= 4 is 11.8 Å². The second-order valence-electron chi connectivity index (χ2n) is 6.73. The first-order chi connectivity index (χ1) is 15.3. The van der Waals surface area contributed by atoms with E-state index in [9.17, 15) is 0 Å². The zero-order valence-electron chi connectivity index (χ0n) is 16.8. The number of para-hydroxylation sites is 1. The van der Waals surface area contributed by atoms with Gasteiger partial charge in [0.25, 0.3) is 11.1 Å². The van der Waals surface area contributed by atoms with Crippen molar-refractivity contribution in [2.75, 3.05) is 7.11 Å². The number of rotatable bonds is 7. The van der Waals surface area contributed by atoms with Crippen molar-refractivity contribution in [1.29, 1.82) is 0 Å². The number of benzene rings is 2. The van der Waals surface area contributed by atoms with Crippen molar-refractivity contribution in [3.8, 4) is 28.7 Å². The fourth-order valence-corrected chi connectivity index (χ4v) is 3.94. The van der Waals surface area contributed by atoms with E-state index in [-0.39, 0.29) is 0 Å². The lowest BCUT2D eigenvalue weighted by Crippen LogP contribution is -2.04. The maximum atomic E-state index is 5.97. The molecule has 3 aromatic heterocycles. The molecule has 31 heavy (non-hydrogen) atoms. The standard InChI is InChI=1S/C23H19N5O2S/c1-29-19-11-9-17(10-12-19)16-31-23-26-25-21(30-23)20-15-24-28(18-7-3-2-4-8-18)22(20)27-13-5-6-14-27/h2-15H,16H2,1H3. The lowest BCUT2D eigenvalue weighted by atomic mass is 10.2. The SMILES string of the molecule is COc1ccc(CSc2nnc(-c3cnn(-c4ccccc4)c3-n3cccc3)o2)cc1. The summed E-state index contributed by atoms with van der Waals surface area (Å²) >= 11 is 1.49. The molecular formula is C23H19N5O2S. The summed E-state index contributed by atoms with van der Waals surface area (Å²) in [6.45, 7) is 0. The van der Waals surface area contributed by atoms with E-state index in [1.54, 1.807) is 13.3 Å². The minimum absolute atomic E-state index is 0.433. The molecule has 0 saturated heterocycles. The first-order valence-electron chi connectivity index (χ1n) is 9.68. The fourth-order valence-electron chi connectivity index (χ4n) is 3.22. The van der Waals surface area contributed by atoms with Gasteiger partial charge in [-0.25, -0.2) is 4.68 Å². The van der Waals surface area contributed by atoms with Gasteiger partial charge in [-0.2, -0.15) is 5.10 Å². The molecule has 154 valence electrons. The molecule has 0 amide bonds. The third kappa shape index (κ3) is 3.97. The zero-order valence-corrected chi connectivity index (χ0v) is 17.6. The molecule has 0 atom stereocenters. The van der Waals surface area contributed by atoms with Crippen molar-refractivity contribution in [2.45, 2.75) is 11.0 Å². The molecule has 0 radical (unpaired) electrons. The van der Waals surface area contributed by atoms with Crippen molar-refractivity contribution < 1.29 is 9.15 Å². The van der Waals surface area contributed by atoms with Crippen LogP contribution in [-0.2, 0) is 5.75 Å². The van der Waals surface area contributed by atoms with Crippen LogP contribution in [0.5, 0.6) is 5.75 Å². The zero-order chi connectivity index (χ0) is 21.0. The summed E-state index contributed by atoms with van der Waals surface area (Å²) in [5.74, 6) is 2.83. The van der Waals surface area contributed by atoms with Crippen LogP contribution in [0.3, 0.4) is 0 Å². The molecule has 0 saturated carbocycles. The second-order valence-corrected chi connectivity index (χ2v) is 7.66. The van der Waals surface area contributed by atoms with E-state index in [0.717, 1.165) is 34.1 Å². The monoisotopic (exact) mass is 429 g/mol. The number of thioether (sulfide) groups is 1. The van der Waals surface area contributed by atoms with Crippen LogP contribution in [0.15, 0.2) is 95.0 Å². The molecule has 5 aromatic rings. The Morgan fingerprint density at radius 2 is 1.71 bits per heavy atom. The molecule has 2 aromatic carbocycles. The van der Waals surface area contributed by atoms with E-state index in [2.05, 4.69) is 15.3 Å². The molecular weight excluding hydrogens is 410 g/mol. The van der Waals surface area contributed by atoms with Gasteiger partial charge in [-0.3, -0.25) is 0 Å². The Bertz CT molecular complexity index is 1260. The van der Waals surface area contributed by atoms with E-state index >= 15 is 0 Å². The maximum absolute atomic E-state index is 5.97. The van der Waals surface area contributed by atoms with Crippen LogP contribution >= 0.6 is 11.8 Å². The molecule has 7 nitrogen and oxygen atoms in total. The minimum atomic E-state index is 0.433. The summed E-state index contributed by atoms with van der Waals surface area (Å²) < 4.78 is 15.0. The summed E-state index contributed by atoms with van der Waals surface area (Å²) in [5, 5.41) is 13.6. The number of nitrogens with zero attached hydrogens (tertiary/aromatic N) is 5. The second kappa shape index (κ2) is 8.53. The average molecular weight is 430 g/mol. The predicted octanol–water partition coefficient (Wildman–Crippen LogP) is 5.01. The first-order valence-corrected chi connectivity index (χ1v) is 10.7. The number of aromatic nitrogens is 5. The highest BCUT2D eigenvalue weighted by molar-refractivity contribution is 7.98. The molecule has 0 bridgehead atoms. The van der Waals surface area contributed by atoms with Gasteiger partial charge in [-0.1, -0.05) is 42.1 Å². The van der Waals surface area contributed by atoms with Crippen LogP contribution in [0.1, 0.15) is 5.56 Å². The van der Waals surface area contributed by atoms with Gasteiger partial charge >= 0.3 is 0 Å². The van der Waals surface area contributed by atoms with Crippen molar-refractivity contribution in [2.24, 2.45) is 0 Å². The number of hydrogen-bond acceptors (Lipinski definition) is 6. The Balaban J connectivity index is 1.43. The fraction of sp³-hybridized carbons (Fsp3) is 0.0870. The van der Waals surface area contributed by atoms with Gasteiger partial charge in [0, 0.05) is 18.1 Å². The largest absolute Gasteiger partial charge is 0.497 e. The van der Waals surface area contributed by atoms with Gasteiger partial charge in [0.2, 0.25) is 0 Å². The number of hydrogen-bond donors (Lipinski definition) is 0. The van der Waals surface area contributed by atoms with Gasteiger partial charge in [0.15, 0.2) is 5.82 Å². The van der Waals surface area contributed by atoms with Crippen molar-refractivity contribution in [1.82, 2.24) is 24.5 Å². The number of ether oxygens (including phenoxy) is 1. The highest BCUT2D eigenvalue weighted by Gasteiger charge is 2.20. The van der Waals surface area contributed by atoms with Crippen molar-refractivity contribution in [3.05, 3.63) is 90.9 Å². The topological polar surface area (TPSA) is 70.9 Å². The molecule has 0 aliphatic carbocycles. The van der Waals surface area contributed by atoms with Crippen LogP contribution < -0.4 is 4.74 Å². The Labute approximate surface area is 183 Å². The number of methoxy groups -OCH3 is 1. The van der Waals surface area contributed by atoms with Gasteiger partial charge < -0.3 is 13.7 Å². The third-order valence-corrected chi connectivity index (χ3v) is 5.64. The maximum Gasteiger partial charge on any atom is 0.277 e. The quantitative estimate of drug-likeness (QED) is 0.339. The van der Waals surface area contributed by atoms with Crippen LogP contribution in [0.2, 0.25) is 0 Å². The van der Waals surface area contributed by atoms with Crippen LogP contribution in [0.4, 0.5) is 0 Å². The van der Waals surface area contributed by atoms with Gasteiger partial charge in [-0.15, -0.1) is 10.2 Å². The summed E-state index contributed by atoms with van der Waals surface area (Å²) in [6, 6.07) is 21.8. The molecule has 0 aliphatic rings. The summed E-state index contributed by atoms with van der Waals surface area (Å²) in [7, 11) is 1.66. The van der Waals surface area contributed by atoms with Crippen LogP contribution in [0.25, 0.3) is 23.0 Å². The van der Waals surface area contributed by atoms with E-state index in [0.29, 0.717) is 11.1 Å². The van der Waals surface area contributed by atoms with E-state index < -0.39 is 0 Å². The highest BCUT2D eigenvalue weighted by Crippen LogP contribution is 2.31. The van der Waals surface area contributed by atoms with Gasteiger partial charge in [0.05, 0.1) is 19.0 Å². The first kappa shape index (κ1) is 19.2. The molecule has 0 aliphatic heterocycles. The van der Waals surface area contributed by atoms with Crippen molar-refractivity contribution in [3.63, 3.8) is 0 Å². The van der Waals surface area contributed by atoms with Crippen LogP contribution in [0, 0.1) is 0 Å². The Kier molecular flexibility index (Phi) is 5.28. The summed E-state index contributed by atoms with van der Waals surface area (Å²) in [6.07, 6.45) is 5.69. The molecule has 0 N–H and O–H groups in total. The van der Waals surface area contributed by atoms with E-state index in [1.165, 1.54) is 11.8 Å². The third-order valence-electron chi connectivity index (χ3n) is 4.75. The Morgan fingerprint density at radius 1 is 0.935 bits per heavy atom. The van der Waals surface area contributed by atoms with E-state index in [4.69, 9.17) is 9.15 Å². The smallest absolute Gasteiger partial charge is 0.277 e. The van der Waals surface area contributed by atoms with E-state index in [1.807, 2.05) is 88.4 Å².